The number of rotatable bonds is 4. The molecule has 0 bridgehead atoms. The van der Waals surface area contributed by atoms with Gasteiger partial charge < -0.3 is 9.64 Å². The second-order valence-corrected chi connectivity index (χ2v) is 6.62. The lowest BCUT2D eigenvalue weighted by atomic mass is 10.2. The number of thiazole rings is 1. The Bertz CT molecular complexity index is 633. The number of nitrogens with zero attached hydrogens (tertiary/aromatic N) is 2. The van der Waals surface area contributed by atoms with Crippen LogP contribution in [-0.2, 0) is 22.4 Å². The van der Waals surface area contributed by atoms with E-state index in [0.29, 0.717) is 32.7 Å². The molecule has 5 heteroatoms. The Hall–Kier alpha value is -1.72. The molecule has 0 unspecified atom stereocenters. The molecular weight excluding hydrogens is 296 g/mol. The molecule has 1 amide bonds. The molecule has 1 aliphatic rings. The number of hydrogen-bond donors (Lipinski definition) is 0. The molecular formula is C17H20N2O2S. The van der Waals surface area contributed by atoms with Crippen LogP contribution in [-0.4, -0.2) is 42.1 Å². The summed E-state index contributed by atoms with van der Waals surface area (Å²) in [5.74, 6) is 0.182. The van der Waals surface area contributed by atoms with Crippen LogP contribution in [0.25, 0.3) is 0 Å². The zero-order valence-corrected chi connectivity index (χ0v) is 13.6. The summed E-state index contributed by atoms with van der Waals surface area (Å²) in [6.07, 6.45) is 1.29. The fourth-order valence-electron chi connectivity index (χ4n) is 2.56. The summed E-state index contributed by atoms with van der Waals surface area (Å²) in [5.41, 5.74) is 2.24. The Labute approximate surface area is 134 Å². The van der Waals surface area contributed by atoms with Gasteiger partial charge in [0.1, 0.15) is 0 Å². The van der Waals surface area contributed by atoms with Gasteiger partial charge in [0.25, 0.3) is 0 Å². The van der Waals surface area contributed by atoms with E-state index < -0.39 is 0 Å². The van der Waals surface area contributed by atoms with Gasteiger partial charge in [0.2, 0.25) is 5.91 Å². The van der Waals surface area contributed by atoms with Gasteiger partial charge in [-0.2, -0.15) is 0 Å². The molecule has 2 heterocycles. The highest BCUT2D eigenvalue weighted by atomic mass is 32.1. The second-order valence-electron chi connectivity index (χ2n) is 5.45. The summed E-state index contributed by atoms with van der Waals surface area (Å²) in [6, 6.07) is 10.3. The molecule has 116 valence electrons. The van der Waals surface area contributed by atoms with Crippen LogP contribution in [0.5, 0.6) is 0 Å². The van der Waals surface area contributed by atoms with Crippen molar-refractivity contribution in [3.8, 4) is 0 Å². The molecule has 1 aliphatic heterocycles. The lowest BCUT2D eigenvalue weighted by Crippen LogP contribution is -2.41. The number of benzene rings is 1. The van der Waals surface area contributed by atoms with Gasteiger partial charge in [0, 0.05) is 24.4 Å². The number of ether oxygens (including phenoxy) is 1. The van der Waals surface area contributed by atoms with Crippen molar-refractivity contribution in [2.75, 3.05) is 26.3 Å². The molecule has 0 aliphatic carbocycles. The molecule has 3 rings (SSSR count). The predicted octanol–water partition coefficient (Wildman–Crippen LogP) is 2.44. The predicted molar refractivity (Wildman–Crippen MR) is 87.2 cm³/mol. The maximum Gasteiger partial charge on any atom is 0.228 e. The van der Waals surface area contributed by atoms with Crippen LogP contribution in [0.3, 0.4) is 0 Å². The van der Waals surface area contributed by atoms with E-state index in [1.165, 1.54) is 5.56 Å². The third-order valence-corrected chi connectivity index (χ3v) is 4.97. The van der Waals surface area contributed by atoms with E-state index in [4.69, 9.17) is 4.74 Å². The van der Waals surface area contributed by atoms with Crippen LogP contribution in [0.1, 0.15) is 21.1 Å². The monoisotopic (exact) mass is 316 g/mol. The summed E-state index contributed by atoms with van der Waals surface area (Å²) in [6.45, 7) is 4.69. The van der Waals surface area contributed by atoms with Crippen LogP contribution in [0, 0.1) is 6.92 Å². The second kappa shape index (κ2) is 7.03. The minimum absolute atomic E-state index is 0.182. The zero-order chi connectivity index (χ0) is 15.4. The molecule has 0 N–H and O–H groups in total. The smallest absolute Gasteiger partial charge is 0.228 e. The highest BCUT2D eigenvalue weighted by molar-refractivity contribution is 7.11. The summed E-state index contributed by atoms with van der Waals surface area (Å²) in [4.78, 5) is 19.9. The molecule has 4 nitrogen and oxygen atoms in total. The minimum atomic E-state index is 0.182. The summed E-state index contributed by atoms with van der Waals surface area (Å²) in [5, 5.41) is 1.08. The lowest BCUT2D eigenvalue weighted by Gasteiger charge is -2.26. The zero-order valence-electron chi connectivity index (χ0n) is 12.7. The van der Waals surface area contributed by atoms with E-state index in [0.717, 1.165) is 22.0 Å². The van der Waals surface area contributed by atoms with Gasteiger partial charge >= 0.3 is 0 Å². The van der Waals surface area contributed by atoms with Gasteiger partial charge in [-0.05, 0) is 12.5 Å². The van der Waals surface area contributed by atoms with Crippen LogP contribution < -0.4 is 0 Å². The molecule has 0 atom stereocenters. The number of aryl methyl sites for hydroxylation is 1. The van der Waals surface area contributed by atoms with Gasteiger partial charge in [0.05, 0.1) is 30.3 Å². The van der Waals surface area contributed by atoms with Crippen LogP contribution in [0.15, 0.2) is 30.3 Å². The fraction of sp³-hybridized carbons (Fsp3) is 0.412. The van der Waals surface area contributed by atoms with E-state index in [1.54, 1.807) is 11.3 Å². The Morgan fingerprint density at radius 2 is 2.00 bits per heavy atom. The van der Waals surface area contributed by atoms with Gasteiger partial charge in [0.15, 0.2) is 0 Å². The first-order valence-electron chi connectivity index (χ1n) is 7.57. The number of amides is 1. The summed E-state index contributed by atoms with van der Waals surface area (Å²) in [7, 11) is 0. The molecule has 22 heavy (non-hydrogen) atoms. The number of morpholine rings is 1. The third kappa shape index (κ3) is 3.72. The van der Waals surface area contributed by atoms with Crippen molar-refractivity contribution in [2.24, 2.45) is 0 Å². The first kappa shape index (κ1) is 15.2. The molecule has 1 aromatic heterocycles. The van der Waals surface area contributed by atoms with E-state index in [1.807, 2.05) is 30.0 Å². The molecule has 1 saturated heterocycles. The average molecular weight is 316 g/mol. The number of hydrogen-bond acceptors (Lipinski definition) is 4. The molecule has 2 aromatic rings. The maximum atomic E-state index is 12.3. The van der Waals surface area contributed by atoms with Crippen LogP contribution in [0.2, 0.25) is 0 Å². The fourth-order valence-corrected chi connectivity index (χ4v) is 3.66. The highest BCUT2D eigenvalue weighted by Gasteiger charge is 2.19. The van der Waals surface area contributed by atoms with Crippen molar-refractivity contribution in [2.45, 2.75) is 19.8 Å². The minimum Gasteiger partial charge on any atom is -0.378 e. The van der Waals surface area contributed by atoms with E-state index in [-0.39, 0.29) is 5.91 Å². The van der Waals surface area contributed by atoms with E-state index in [9.17, 15) is 4.79 Å². The van der Waals surface area contributed by atoms with Crippen LogP contribution in [0.4, 0.5) is 0 Å². The van der Waals surface area contributed by atoms with Gasteiger partial charge in [-0.1, -0.05) is 30.3 Å². The normalized spacial score (nSPS) is 15.0. The topological polar surface area (TPSA) is 42.4 Å². The van der Waals surface area contributed by atoms with Crippen molar-refractivity contribution in [1.82, 2.24) is 9.88 Å². The molecule has 0 saturated carbocycles. The standard InChI is InChI=1S/C17H20N2O2S/c1-13-15(12-17(20)19-7-9-21-10-8-19)22-16(18-13)11-14-5-3-2-4-6-14/h2-6H,7-12H2,1H3. The lowest BCUT2D eigenvalue weighted by molar-refractivity contribution is -0.134. The highest BCUT2D eigenvalue weighted by Crippen LogP contribution is 2.22. The number of carbonyl (C=O) groups is 1. The quantitative estimate of drug-likeness (QED) is 0.870. The first-order chi connectivity index (χ1) is 10.7. The van der Waals surface area contributed by atoms with Crippen LogP contribution >= 0.6 is 11.3 Å². The van der Waals surface area contributed by atoms with E-state index in [2.05, 4.69) is 17.1 Å². The van der Waals surface area contributed by atoms with Crippen molar-refractivity contribution in [3.05, 3.63) is 51.5 Å². The van der Waals surface area contributed by atoms with Gasteiger partial charge in [-0.3, -0.25) is 4.79 Å². The Morgan fingerprint density at radius 1 is 1.27 bits per heavy atom. The third-order valence-electron chi connectivity index (χ3n) is 3.81. The van der Waals surface area contributed by atoms with Crippen molar-refractivity contribution in [3.63, 3.8) is 0 Å². The SMILES string of the molecule is Cc1nc(Cc2ccccc2)sc1CC(=O)N1CCOCC1. The average Bonchev–Trinajstić information content (AvgIpc) is 2.88. The summed E-state index contributed by atoms with van der Waals surface area (Å²) >= 11 is 1.66. The van der Waals surface area contributed by atoms with Crippen molar-refractivity contribution >= 4 is 17.2 Å². The Morgan fingerprint density at radius 3 is 2.73 bits per heavy atom. The summed E-state index contributed by atoms with van der Waals surface area (Å²) < 4.78 is 5.29. The Kier molecular flexibility index (Phi) is 4.85. The molecule has 1 aromatic carbocycles. The molecule has 1 fully saturated rings. The largest absolute Gasteiger partial charge is 0.378 e. The van der Waals surface area contributed by atoms with Crippen molar-refractivity contribution in [1.29, 1.82) is 0 Å². The van der Waals surface area contributed by atoms with E-state index >= 15 is 0 Å². The Balaban J connectivity index is 1.65. The van der Waals surface area contributed by atoms with Crippen molar-refractivity contribution < 1.29 is 9.53 Å². The molecule has 0 radical (unpaired) electrons. The molecule has 0 spiro atoms. The van der Waals surface area contributed by atoms with Gasteiger partial charge in [-0.25, -0.2) is 4.98 Å². The van der Waals surface area contributed by atoms with Gasteiger partial charge in [-0.15, -0.1) is 11.3 Å². The maximum absolute atomic E-state index is 12.3. The first-order valence-corrected chi connectivity index (χ1v) is 8.38. The number of carbonyl (C=O) groups excluding carboxylic acids is 1. The number of aromatic nitrogens is 1.